The summed E-state index contributed by atoms with van der Waals surface area (Å²) in [6.07, 6.45) is 7.88. The largest absolute Gasteiger partial charge is 0.372 e. The van der Waals surface area contributed by atoms with Crippen LogP contribution in [0.3, 0.4) is 0 Å². The maximum absolute atomic E-state index is 12.2. The van der Waals surface area contributed by atoms with Crippen molar-refractivity contribution >= 4 is 5.69 Å². The number of quaternary nitrogens is 1. The van der Waals surface area contributed by atoms with Crippen molar-refractivity contribution in [3.05, 3.63) is 46.8 Å². The zero-order valence-electron chi connectivity index (χ0n) is 16.2. The van der Waals surface area contributed by atoms with Crippen molar-refractivity contribution in [2.45, 2.75) is 45.1 Å². The third kappa shape index (κ3) is 4.59. The van der Waals surface area contributed by atoms with E-state index in [0.29, 0.717) is 6.54 Å². The second kappa shape index (κ2) is 8.70. The molecular formula is C22H31N4O+. The van der Waals surface area contributed by atoms with Crippen LogP contribution in [0.2, 0.25) is 0 Å². The molecule has 2 saturated heterocycles. The van der Waals surface area contributed by atoms with Gasteiger partial charge < -0.3 is 9.80 Å². The monoisotopic (exact) mass is 367 g/mol. The molecule has 4 rings (SSSR count). The first-order valence-electron chi connectivity index (χ1n) is 10.6. The number of likely N-dealkylation sites (tertiary alicyclic amines) is 1. The van der Waals surface area contributed by atoms with Gasteiger partial charge in [-0.1, -0.05) is 12.1 Å². The van der Waals surface area contributed by atoms with E-state index in [9.17, 15) is 4.79 Å². The van der Waals surface area contributed by atoms with Crippen LogP contribution in [0.4, 0.5) is 5.69 Å². The van der Waals surface area contributed by atoms with Crippen LogP contribution in [-0.2, 0) is 6.54 Å². The Balaban J connectivity index is 1.45. The van der Waals surface area contributed by atoms with Gasteiger partial charge in [-0.3, -0.25) is 4.79 Å². The second-order valence-electron chi connectivity index (χ2n) is 7.94. The summed E-state index contributed by atoms with van der Waals surface area (Å²) in [6, 6.07) is 12.2. The highest BCUT2D eigenvalue weighted by Crippen LogP contribution is 2.23. The lowest BCUT2D eigenvalue weighted by atomic mass is 10.1. The van der Waals surface area contributed by atoms with Crippen molar-refractivity contribution in [1.29, 1.82) is 0 Å². The number of hydrogen-bond acceptors (Lipinski definition) is 3. The van der Waals surface area contributed by atoms with Crippen molar-refractivity contribution < 1.29 is 4.90 Å². The van der Waals surface area contributed by atoms with E-state index >= 15 is 0 Å². The predicted octanol–water partition coefficient (Wildman–Crippen LogP) is 1.97. The Labute approximate surface area is 161 Å². The number of nitrogens with zero attached hydrogens (tertiary/aromatic N) is 3. The minimum Gasteiger partial charge on any atom is -0.372 e. The molecule has 0 saturated carbocycles. The van der Waals surface area contributed by atoms with Crippen molar-refractivity contribution in [1.82, 2.24) is 9.78 Å². The first kappa shape index (κ1) is 18.2. The summed E-state index contributed by atoms with van der Waals surface area (Å²) in [7, 11) is 0. The normalized spacial score (nSPS) is 18.6. The summed E-state index contributed by atoms with van der Waals surface area (Å²) in [5.74, 6) is 0. The fourth-order valence-electron chi connectivity index (χ4n) is 4.32. The number of nitrogens with one attached hydrogen (secondary N) is 1. The van der Waals surface area contributed by atoms with Gasteiger partial charge in [0, 0.05) is 30.4 Å². The third-order valence-electron chi connectivity index (χ3n) is 5.99. The molecule has 2 aromatic rings. The molecule has 1 aromatic carbocycles. The summed E-state index contributed by atoms with van der Waals surface area (Å²) in [5, 5.41) is 4.65. The lowest BCUT2D eigenvalue weighted by Gasteiger charge is -2.28. The molecule has 3 heterocycles. The van der Waals surface area contributed by atoms with Crippen LogP contribution in [-0.4, -0.2) is 42.5 Å². The smallest absolute Gasteiger partial charge is 0.266 e. The molecule has 2 aliphatic heterocycles. The molecule has 2 aliphatic rings. The highest BCUT2D eigenvalue weighted by Gasteiger charge is 2.14. The molecule has 0 unspecified atom stereocenters. The number of aromatic nitrogens is 2. The number of benzene rings is 1. The zero-order chi connectivity index (χ0) is 18.5. The van der Waals surface area contributed by atoms with Crippen LogP contribution < -0.4 is 15.4 Å². The second-order valence-corrected chi connectivity index (χ2v) is 7.94. The van der Waals surface area contributed by atoms with Crippen LogP contribution in [0.1, 0.15) is 38.5 Å². The number of rotatable bonds is 5. The molecule has 27 heavy (non-hydrogen) atoms. The van der Waals surface area contributed by atoms with Gasteiger partial charge in [-0.05, 0) is 56.7 Å². The number of piperidine rings is 2. The molecule has 5 nitrogen and oxygen atoms in total. The van der Waals surface area contributed by atoms with Gasteiger partial charge in [0.2, 0.25) is 0 Å². The van der Waals surface area contributed by atoms with Gasteiger partial charge >= 0.3 is 0 Å². The highest BCUT2D eigenvalue weighted by molar-refractivity contribution is 5.62. The van der Waals surface area contributed by atoms with E-state index < -0.39 is 0 Å². The van der Waals surface area contributed by atoms with Crippen molar-refractivity contribution in [2.24, 2.45) is 0 Å². The molecule has 0 bridgehead atoms. The van der Waals surface area contributed by atoms with Gasteiger partial charge in [0.15, 0.2) is 0 Å². The fourth-order valence-corrected chi connectivity index (χ4v) is 4.32. The van der Waals surface area contributed by atoms with Crippen LogP contribution in [0, 0.1) is 0 Å². The van der Waals surface area contributed by atoms with Crippen molar-refractivity contribution in [3.8, 4) is 11.3 Å². The quantitative estimate of drug-likeness (QED) is 0.879. The zero-order valence-corrected chi connectivity index (χ0v) is 16.2. The maximum Gasteiger partial charge on any atom is 0.266 e. The summed E-state index contributed by atoms with van der Waals surface area (Å²) >= 11 is 0. The van der Waals surface area contributed by atoms with E-state index in [2.05, 4.69) is 34.3 Å². The standard InChI is InChI=1S/C22H30N4O/c27-22-12-11-21(23-26(22)18-17-24-13-3-1-4-14-24)19-7-9-20(10-8-19)25-15-5-2-6-16-25/h7-12H,1-6,13-18H2/p+1. The summed E-state index contributed by atoms with van der Waals surface area (Å²) < 4.78 is 1.65. The van der Waals surface area contributed by atoms with E-state index in [4.69, 9.17) is 0 Å². The van der Waals surface area contributed by atoms with Gasteiger partial charge in [0.05, 0.1) is 31.9 Å². The molecular weight excluding hydrogens is 336 g/mol. The molecule has 0 aliphatic carbocycles. The molecule has 1 aromatic heterocycles. The molecule has 0 radical (unpaired) electrons. The van der Waals surface area contributed by atoms with E-state index in [1.54, 1.807) is 15.6 Å². The Morgan fingerprint density at radius 1 is 0.852 bits per heavy atom. The molecule has 0 atom stereocenters. The van der Waals surface area contributed by atoms with E-state index in [0.717, 1.165) is 30.9 Å². The molecule has 144 valence electrons. The molecule has 1 N–H and O–H groups in total. The first-order valence-corrected chi connectivity index (χ1v) is 10.6. The van der Waals surface area contributed by atoms with Gasteiger partial charge in [-0.15, -0.1) is 0 Å². The van der Waals surface area contributed by atoms with E-state index in [-0.39, 0.29) is 5.56 Å². The Morgan fingerprint density at radius 2 is 1.56 bits per heavy atom. The predicted molar refractivity (Wildman–Crippen MR) is 109 cm³/mol. The number of hydrogen-bond donors (Lipinski definition) is 1. The third-order valence-corrected chi connectivity index (χ3v) is 5.99. The van der Waals surface area contributed by atoms with Gasteiger partial charge in [-0.2, -0.15) is 5.10 Å². The maximum atomic E-state index is 12.2. The van der Waals surface area contributed by atoms with Crippen molar-refractivity contribution in [2.75, 3.05) is 37.6 Å². The lowest BCUT2D eigenvalue weighted by molar-refractivity contribution is -0.905. The van der Waals surface area contributed by atoms with Gasteiger partial charge in [0.25, 0.3) is 5.56 Å². The number of anilines is 1. The van der Waals surface area contributed by atoms with E-state index in [1.807, 2.05) is 6.07 Å². The van der Waals surface area contributed by atoms with Gasteiger partial charge in [0.1, 0.15) is 0 Å². The van der Waals surface area contributed by atoms with Crippen molar-refractivity contribution in [3.63, 3.8) is 0 Å². The van der Waals surface area contributed by atoms with Gasteiger partial charge in [-0.25, -0.2) is 4.68 Å². The summed E-state index contributed by atoms with van der Waals surface area (Å²) in [6.45, 7) is 6.46. The summed E-state index contributed by atoms with van der Waals surface area (Å²) in [5.41, 5.74) is 3.25. The fraction of sp³-hybridized carbons (Fsp3) is 0.545. The molecule has 2 fully saturated rings. The SMILES string of the molecule is O=c1ccc(-c2ccc(N3CCCCC3)cc2)nn1CC[NH+]1CCCCC1. The molecule has 0 spiro atoms. The van der Waals surface area contributed by atoms with E-state index in [1.165, 1.54) is 57.3 Å². The van der Waals surface area contributed by atoms with Crippen LogP contribution in [0.15, 0.2) is 41.2 Å². The average molecular weight is 368 g/mol. The lowest BCUT2D eigenvalue weighted by Crippen LogP contribution is -3.13. The first-order chi connectivity index (χ1) is 13.3. The Hall–Kier alpha value is -2.14. The summed E-state index contributed by atoms with van der Waals surface area (Å²) in [4.78, 5) is 16.3. The molecule has 5 heteroatoms. The van der Waals surface area contributed by atoms with Crippen LogP contribution in [0.25, 0.3) is 11.3 Å². The topological polar surface area (TPSA) is 42.6 Å². The highest BCUT2D eigenvalue weighted by atomic mass is 16.1. The minimum absolute atomic E-state index is 0.0000892. The molecule has 0 amide bonds. The Kier molecular flexibility index (Phi) is 5.87. The Bertz CT molecular complexity index is 787. The Morgan fingerprint density at radius 3 is 2.30 bits per heavy atom. The van der Waals surface area contributed by atoms with Crippen LogP contribution >= 0.6 is 0 Å². The van der Waals surface area contributed by atoms with Crippen LogP contribution in [0.5, 0.6) is 0 Å². The minimum atomic E-state index is 0.0000892. The average Bonchev–Trinajstić information content (AvgIpc) is 2.75.